The average molecular weight is 219 g/mol. The SMILES string of the molecule is C=CC(=O)NCCC(=O)c1ccc(O)cc1. The smallest absolute Gasteiger partial charge is 0.243 e. The van der Waals surface area contributed by atoms with E-state index in [0.29, 0.717) is 5.56 Å². The van der Waals surface area contributed by atoms with Gasteiger partial charge in [0, 0.05) is 18.5 Å². The number of aromatic hydroxyl groups is 1. The lowest BCUT2D eigenvalue weighted by Gasteiger charge is -2.02. The number of rotatable bonds is 5. The molecule has 0 fully saturated rings. The van der Waals surface area contributed by atoms with Crippen molar-refractivity contribution in [3.05, 3.63) is 42.5 Å². The lowest BCUT2D eigenvalue weighted by atomic mass is 10.1. The fourth-order valence-electron chi connectivity index (χ4n) is 1.16. The molecule has 0 aliphatic heterocycles. The molecule has 4 heteroatoms. The Bertz CT molecular complexity index is 395. The zero-order valence-corrected chi connectivity index (χ0v) is 8.77. The number of phenolic OH excluding ortho intramolecular Hbond substituents is 1. The van der Waals surface area contributed by atoms with Gasteiger partial charge in [-0.1, -0.05) is 6.58 Å². The molecular weight excluding hydrogens is 206 g/mol. The number of ketones is 1. The molecule has 0 radical (unpaired) electrons. The monoisotopic (exact) mass is 219 g/mol. The molecular formula is C12H13NO3. The predicted octanol–water partition coefficient (Wildman–Crippen LogP) is 1.27. The van der Waals surface area contributed by atoms with Crippen molar-refractivity contribution in [1.82, 2.24) is 5.32 Å². The number of hydrogen-bond acceptors (Lipinski definition) is 3. The van der Waals surface area contributed by atoms with E-state index in [-0.39, 0.29) is 30.4 Å². The van der Waals surface area contributed by atoms with Gasteiger partial charge >= 0.3 is 0 Å². The minimum Gasteiger partial charge on any atom is -0.508 e. The summed E-state index contributed by atoms with van der Waals surface area (Å²) in [5, 5.41) is 11.6. The minimum atomic E-state index is -0.293. The summed E-state index contributed by atoms with van der Waals surface area (Å²) >= 11 is 0. The predicted molar refractivity (Wildman–Crippen MR) is 60.3 cm³/mol. The molecule has 0 saturated carbocycles. The molecule has 2 N–H and O–H groups in total. The van der Waals surface area contributed by atoms with E-state index < -0.39 is 0 Å². The molecule has 1 amide bonds. The summed E-state index contributed by atoms with van der Waals surface area (Å²) in [6.07, 6.45) is 1.38. The molecule has 0 aliphatic carbocycles. The molecule has 1 rings (SSSR count). The van der Waals surface area contributed by atoms with E-state index in [1.54, 1.807) is 12.1 Å². The summed E-state index contributed by atoms with van der Waals surface area (Å²) in [4.78, 5) is 22.4. The summed E-state index contributed by atoms with van der Waals surface area (Å²) in [6.45, 7) is 3.58. The van der Waals surface area contributed by atoms with Gasteiger partial charge in [-0.3, -0.25) is 9.59 Å². The minimum absolute atomic E-state index is 0.0793. The van der Waals surface area contributed by atoms with Crippen LogP contribution in [0.4, 0.5) is 0 Å². The molecule has 0 bridgehead atoms. The molecule has 16 heavy (non-hydrogen) atoms. The molecule has 0 atom stereocenters. The standard InChI is InChI=1S/C12H13NO3/c1-2-12(16)13-8-7-11(15)9-3-5-10(14)6-4-9/h2-6,14H,1,7-8H2,(H,13,16). The molecule has 84 valence electrons. The quantitative estimate of drug-likeness (QED) is 0.579. The Morgan fingerprint density at radius 2 is 1.94 bits per heavy atom. The van der Waals surface area contributed by atoms with Crippen molar-refractivity contribution < 1.29 is 14.7 Å². The summed E-state index contributed by atoms with van der Waals surface area (Å²) in [6, 6.07) is 6.01. The van der Waals surface area contributed by atoms with Gasteiger partial charge in [0.2, 0.25) is 5.91 Å². The van der Waals surface area contributed by atoms with Crippen molar-refractivity contribution in [1.29, 1.82) is 0 Å². The third-order valence-corrected chi connectivity index (χ3v) is 2.03. The normalized spacial score (nSPS) is 9.50. The van der Waals surface area contributed by atoms with Crippen LogP contribution in [-0.2, 0) is 4.79 Å². The number of nitrogens with one attached hydrogen (secondary N) is 1. The second-order valence-electron chi connectivity index (χ2n) is 3.22. The van der Waals surface area contributed by atoms with Gasteiger partial charge < -0.3 is 10.4 Å². The maximum atomic E-state index is 11.6. The third kappa shape index (κ3) is 3.57. The number of carbonyl (C=O) groups is 2. The Balaban J connectivity index is 2.44. The van der Waals surface area contributed by atoms with Crippen LogP contribution in [0.3, 0.4) is 0 Å². The number of carbonyl (C=O) groups excluding carboxylic acids is 2. The van der Waals surface area contributed by atoms with E-state index in [4.69, 9.17) is 5.11 Å². The van der Waals surface area contributed by atoms with Crippen LogP contribution in [0.25, 0.3) is 0 Å². The van der Waals surface area contributed by atoms with Gasteiger partial charge in [0.25, 0.3) is 0 Å². The molecule has 0 spiro atoms. The molecule has 0 unspecified atom stereocenters. The summed E-state index contributed by atoms with van der Waals surface area (Å²) < 4.78 is 0. The van der Waals surface area contributed by atoms with Crippen molar-refractivity contribution in [2.45, 2.75) is 6.42 Å². The van der Waals surface area contributed by atoms with Crippen molar-refractivity contribution in [2.75, 3.05) is 6.54 Å². The molecule has 4 nitrogen and oxygen atoms in total. The van der Waals surface area contributed by atoms with Crippen molar-refractivity contribution >= 4 is 11.7 Å². The maximum Gasteiger partial charge on any atom is 0.243 e. The van der Waals surface area contributed by atoms with Crippen LogP contribution in [-0.4, -0.2) is 23.3 Å². The number of phenols is 1. The highest BCUT2D eigenvalue weighted by Gasteiger charge is 2.05. The lowest BCUT2D eigenvalue weighted by Crippen LogP contribution is -2.23. The van der Waals surface area contributed by atoms with Crippen LogP contribution in [0.15, 0.2) is 36.9 Å². The Morgan fingerprint density at radius 3 is 2.50 bits per heavy atom. The number of benzene rings is 1. The maximum absolute atomic E-state index is 11.6. The van der Waals surface area contributed by atoms with E-state index in [2.05, 4.69) is 11.9 Å². The Morgan fingerprint density at radius 1 is 1.31 bits per heavy atom. The van der Waals surface area contributed by atoms with Gasteiger partial charge in [-0.05, 0) is 30.3 Å². The fourth-order valence-corrected chi connectivity index (χ4v) is 1.16. The van der Waals surface area contributed by atoms with E-state index in [0.717, 1.165) is 6.08 Å². The van der Waals surface area contributed by atoms with E-state index in [9.17, 15) is 9.59 Å². The average Bonchev–Trinajstić information content (AvgIpc) is 2.29. The topological polar surface area (TPSA) is 66.4 Å². The number of hydrogen-bond donors (Lipinski definition) is 2. The fraction of sp³-hybridized carbons (Fsp3) is 0.167. The Kier molecular flexibility index (Phi) is 4.27. The summed E-state index contributed by atoms with van der Waals surface area (Å²) in [5.74, 6) is -0.251. The highest BCUT2D eigenvalue weighted by atomic mass is 16.3. The van der Waals surface area contributed by atoms with E-state index in [1.165, 1.54) is 12.1 Å². The first kappa shape index (κ1) is 12.0. The zero-order valence-electron chi connectivity index (χ0n) is 8.77. The highest BCUT2D eigenvalue weighted by Crippen LogP contribution is 2.10. The lowest BCUT2D eigenvalue weighted by molar-refractivity contribution is -0.116. The van der Waals surface area contributed by atoms with E-state index in [1.807, 2.05) is 0 Å². The Hall–Kier alpha value is -2.10. The van der Waals surface area contributed by atoms with Crippen LogP contribution in [0, 0.1) is 0 Å². The van der Waals surface area contributed by atoms with Gasteiger partial charge in [-0.15, -0.1) is 0 Å². The molecule has 0 aliphatic rings. The molecule has 1 aromatic rings. The number of Topliss-reactive ketones (excluding diaryl/α,β-unsaturated/α-hetero) is 1. The van der Waals surface area contributed by atoms with Crippen LogP contribution >= 0.6 is 0 Å². The molecule has 0 aromatic heterocycles. The van der Waals surface area contributed by atoms with Crippen molar-refractivity contribution in [2.24, 2.45) is 0 Å². The van der Waals surface area contributed by atoms with Gasteiger partial charge in [0.1, 0.15) is 5.75 Å². The van der Waals surface area contributed by atoms with Crippen molar-refractivity contribution in [3.63, 3.8) is 0 Å². The van der Waals surface area contributed by atoms with Gasteiger partial charge in [-0.25, -0.2) is 0 Å². The number of amides is 1. The first-order valence-corrected chi connectivity index (χ1v) is 4.86. The van der Waals surface area contributed by atoms with Gasteiger partial charge in [0.15, 0.2) is 5.78 Å². The highest BCUT2D eigenvalue weighted by molar-refractivity contribution is 5.96. The Labute approximate surface area is 93.6 Å². The zero-order chi connectivity index (χ0) is 12.0. The van der Waals surface area contributed by atoms with Gasteiger partial charge in [-0.2, -0.15) is 0 Å². The van der Waals surface area contributed by atoms with Crippen LogP contribution < -0.4 is 5.32 Å². The summed E-state index contributed by atoms with van der Waals surface area (Å²) in [7, 11) is 0. The first-order chi connectivity index (χ1) is 7.63. The largest absolute Gasteiger partial charge is 0.508 e. The van der Waals surface area contributed by atoms with Crippen LogP contribution in [0.1, 0.15) is 16.8 Å². The summed E-state index contributed by atoms with van der Waals surface area (Å²) in [5.41, 5.74) is 0.519. The molecule has 0 heterocycles. The second kappa shape index (κ2) is 5.70. The van der Waals surface area contributed by atoms with Crippen molar-refractivity contribution in [3.8, 4) is 5.75 Å². The van der Waals surface area contributed by atoms with E-state index >= 15 is 0 Å². The first-order valence-electron chi connectivity index (χ1n) is 4.86. The van der Waals surface area contributed by atoms with Crippen LogP contribution in [0.2, 0.25) is 0 Å². The third-order valence-electron chi connectivity index (χ3n) is 2.03. The van der Waals surface area contributed by atoms with Gasteiger partial charge in [0.05, 0.1) is 0 Å². The molecule has 0 saturated heterocycles. The second-order valence-corrected chi connectivity index (χ2v) is 3.22. The molecule has 1 aromatic carbocycles. The van der Waals surface area contributed by atoms with Crippen LogP contribution in [0.5, 0.6) is 5.75 Å².